The van der Waals surface area contributed by atoms with E-state index in [2.05, 4.69) is 32.3 Å². The minimum atomic E-state index is -1.06. The maximum Gasteiger partial charge on any atom is 0.413 e. The zero-order chi connectivity index (χ0) is 29.4. The molecule has 1 aromatic heterocycles. The molecule has 41 heavy (non-hydrogen) atoms. The van der Waals surface area contributed by atoms with E-state index in [4.69, 9.17) is 4.74 Å². The summed E-state index contributed by atoms with van der Waals surface area (Å²) in [5.74, 6) is -0.255. The van der Waals surface area contributed by atoms with Gasteiger partial charge in [-0.05, 0) is 70.9 Å². The van der Waals surface area contributed by atoms with E-state index in [1.165, 1.54) is 11.3 Å². The first-order chi connectivity index (χ1) is 19.8. The molecule has 3 aliphatic rings. The highest BCUT2D eigenvalue weighted by Gasteiger charge is 2.41. The Morgan fingerprint density at radius 2 is 1.98 bits per heavy atom. The van der Waals surface area contributed by atoms with Crippen LogP contribution < -0.4 is 21.3 Å². The highest BCUT2D eigenvalue weighted by atomic mass is 32.1. The molecule has 12 heteroatoms. The first kappa shape index (κ1) is 31.0. The van der Waals surface area contributed by atoms with E-state index in [9.17, 15) is 19.5 Å². The van der Waals surface area contributed by atoms with Crippen LogP contribution in [-0.2, 0) is 14.3 Å². The highest BCUT2D eigenvalue weighted by Crippen LogP contribution is 2.37. The number of rotatable bonds is 11. The number of aliphatic hydroxyl groups excluding tert-OH is 1. The minimum Gasteiger partial charge on any atom is -0.450 e. The lowest BCUT2D eigenvalue weighted by molar-refractivity contribution is -0.141. The molecule has 0 bridgehead atoms. The standard InChI is InChI=1S/C29H44N6O5S/c1-4-40-29(39)34-28-32-22(19-12-7-5-8-13-19)26(41-28)33-25(37)21-16-11-17-35(21)27(38)23(20-14-9-6-10-15-20)31-24(36)18(2)30-3/h5,7,12,18,20-21,23,25,30,33,37H,4,6,8-11,13-17H2,1-3H3,(H,31,36)(H,32,34,39)/t18-,21-,23-,25?/m0/s1. The number of likely N-dealkylation sites (tertiary alicyclic amines) is 1. The summed E-state index contributed by atoms with van der Waals surface area (Å²) in [6, 6.07) is -1.50. The van der Waals surface area contributed by atoms with Gasteiger partial charge in [-0.15, -0.1) is 0 Å². The summed E-state index contributed by atoms with van der Waals surface area (Å²) in [7, 11) is 1.72. The summed E-state index contributed by atoms with van der Waals surface area (Å²) in [5, 5.41) is 24.3. The van der Waals surface area contributed by atoms with Gasteiger partial charge < -0.3 is 30.7 Å². The predicted octanol–water partition coefficient (Wildman–Crippen LogP) is 3.84. The lowest BCUT2D eigenvalue weighted by Crippen LogP contribution is -2.58. The Bertz CT molecular complexity index is 1130. The smallest absolute Gasteiger partial charge is 0.413 e. The molecule has 0 radical (unpaired) electrons. The van der Waals surface area contributed by atoms with Crippen LogP contribution in [0.15, 0.2) is 18.2 Å². The molecule has 5 N–H and O–H groups in total. The van der Waals surface area contributed by atoms with Crippen LogP contribution >= 0.6 is 11.3 Å². The number of allylic oxidation sites excluding steroid dienone is 4. The van der Waals surface area contributed by atoms with Gasteiger partial charge in [0.25, 0.3) is 0 Å². The normalized spacial score (nSPS) is 21.5. The predicted molar refractivity (Wildman–Crippen MR) is 161 cm³/mol. The van der Waals surface area contributed by atoms with Crippen LogP contribution in [0.1, 0.15) is 77.3 Å². The van der Waals surface area contributed by atoms with Crippen molar-refractivity contribution >= 4 is 45.0 Å². The van der Waals surface area contributed by atoms with Crippen molar-refractivity contribution in [2.75, 3.05) is 30.8 Å². The molecule has 11 nitrogen and oxygen atoms in total. The van der Waals surface area contributed by atoms with Crippen LogP contribution in [0.3, 0.4) is 0 Å². The van der Waals surface area contributed by atoms with Crippen molar-refractivity contribution in [3.05, 3.63) is 23.9 Å². The minimum absolute atomic E-state index is 0.0755. The molecule has 0 aromatic carbocycles. The van der Waals surface area contributed by atoms with E-state index in [0.29, 0.717) is 28.8 Å². The van der Waals surface area contributed by atoms with Crippen molar-refractivity contribution in [1.29, 1.82) is 0 Å². The summed E-state index contributed by atoms with van der Waals surface area (Å²) in [6.45, 7) is 4.27. The van der Waals surface area contributed by atoms with Gasteiger partial charge in [0.1, 0.15) is 23.0 Å². The number of ether oxygens (including phenoxy) is 1. The van der Waals surface area contributed by atoms with Crippen molar-refractivity contribution in [3.8, 4) is 0 Å². The fourth-order valence-corrected chi connectivity index (χ4v) is 6.72. The van der Waals surface area contributed by atoms with E-state index in [-0.39, 0.29) is 24.3 Å². The van der Waals surface area contributed by atoms with Crippen LogP contribution in [0.25, 0.3) is 5.57 Å². The largest absolute Gasteiger partial charge is 0.450 e. The van der Waals surface area contributed by atoms with Gasteiger partial charge in [0.05, 0.1) is 18.7 Å². The van der Waals surface area contributed by atoms with Crippen molar-refractivity contribution in [1.82, 2.24) is 20.5 Å². The molecule has 4 rings (SSSR count). The zero-order valence-electron chi connectivity index (χ0n) is 24.3. The third kappa shape index (κ3) is 7.87. The van der Waals surface area contributed by atoms with Gasteiger partial charge in [0.2, 0.25) is 11.8 Å². The molecule has 0 spiro atoms. The number of hydrogen-bond donors (Lipinski definition) is 5. The molecule has 1 unspecified atom stereocenters. The molecule has 1 saturated carbocycles. The fourth-order valence-electron chi connectivity index (χ4n) is 5.81. The number of nitrogens with one attached hydrogen (secondary N) is 4. The Hall–Kier alpha value is -2.96. The van der Waals surface area contributed by atoms with Gasteiger partial charge in [-0.25, -0.2) is 9.78 Å². The number of aliphatic hydroxyl groups is 1. The van der Waals surface area contributed by atoms with Crippen molar-refractivity contribution in [2.45, 2.75) is 96.0 Å². The Labute approximate surface area is 246 Å². The Morgan fingerprint density at radius 1 is 1.20 bits per heavy atom. The topological polar surface area (TPSA) is 145 Å². The second-order valence-corrected chi connectivity index (χ2v) is 11.9. The number of aromatic nitrogens is 1. The SMILES string of the molecule is CCOC(=O)Nc1nc(C2=CC=CCC2)c(NC(O)[C@@H]2CCCN2C(=O)[C@@H](NC(=O)[C@H](C)NC)C2CCCCC2)s1. The van der Waals surface area contributed by atoms with E-state index in [1.807, 2.05) is 12.2 Å². The number of thiazole rings is 1. The number of nitrogens with zero attached hydrogens (tertiary/aromatic N) is 2. The lowest BCUT2D eigenvalue weighted by Gasteiger charge is -2.36. The molecule has 4 atom stereocenters. The fraction of sp³-hybridized carbons (Fsp3) is 0.655. The zero-order valence-corrected chi connectivity index (χ0v) is 25.1. The molecule has 226 valence electrons. The Morgan fingerprint density at radius 3 is 2.66 bits per heavy atom. The van der Waals surface area contributed by atoms with Crippen LogP contribution in [0.5, 0.6) is 0 Å². The molecular weight excluding hydrogens is 544 g/mol. The molecule has 1 aliphatic heterocycles. The number of anilines is 2. The number of hydrogen-bond acceptors (Lipinski definition) is 9. The Balaban J connectivity index is 1.53. The van der Waals surface area contributed by atoms with E-state index in [1.54, 1.807) is 25.8 Å². The molecular formula is C29H44N6O5S. The average molecular weight is 589 g/mol. The van der Waals surface area contributed by atoms with Crippen molar-refractivity contribution in [2.24, 2.45) is 5.92 Å². The highest BCUT2D eigenvalue weighted by molar-refractivity contribution is 7.19. The summed E-state index contributed by atoms with van der Waals surface area (Å²) in [5.41, 5.74) is 1.66. The lowest BCUT2D eigenvalue weighted by atomic mass is 9.83. The summed E-state index contributed by atoms with van der Waals surface area (Å²) < 4.78 is 5.01. The summed E-state index contributed by atoms with van der Waals surface area (Å²) in [4.78, 5) is 45.3. The molecule has 3 amide bonds. The number of carbonyl (C=O) groups is 3. The van der Waals surface area contributed by atoms with Crippen molar-refractivity contribution in [3.63, 3.8) is 0 Å². The molecule has 1 saturated heterocycles. The summed E-state index contributed by atoms with van der Waals surface area (Å²) >= 11 is 1.22. The second-order valence-electron chi connectivity index (χ2n) is 10.9. The average Bonchev–Trinajstić information content (AvgIpc) is 3.63. The monoisotopic (exact) mass is 588 g/mol. The molecule has 2 aliphatic carbocycles. The van der Waals surface area contributed by atoms with Gasteiger partial charge in [0, 0.05) is 6.54 Å². The van der Waals surface area contributed by atoms with Gasteiger partial charge in [-0.1, -0.05) is 48.8 Å². The van der Waals surface area contributed by atoms with Crippen LogP contribution in [0.2, 0.25) is 0 Å². The van der Waals surface area contributed by atoms with Gasteiger partial charge >= 0.3 is 6.09 Å². The number of likely N-dealkylation sites (N-methyl/N-ethyl adjacent to an activating group) is 1. The third-order valence-electron chi connectivity index (χ3n) is 8.17. The van der Waals surface area contributed by atoms with Crippen LogP contribution in [0, 0.1) is 5.92 Å². The van der Waals surface area contributed by atoms with Gasteiger partial charge in [0.15, 0.2) is 5.13 Å². The third-order valence-corrected chi connectivity index (χ3v) is 9.07. The number of amides is 3. The van der Waals surface area contributed by atoms with E-state index < -0.39 is 30.4 Å². The van der Waals surface area contributed by atoms with Gasteiger partial charge in [-0.2, -0.15) is 0 Å². The number of carbonyl (C=O) groups excluding carboxylic acids is 3. The van der Waals surface area contributed by atoms with E-state index >= 15 is 0 Å². The Kier molecular flexibility index (Phi) is 11.2. The maximum absolute atomic E-state index is 14.0. The molecule has 2 fully saturated rings. The van der Waals surface area contributed by atoms with Crippen LogP contribution in [0.4, 0.5) is 14.9 Å². The molecule has 2 heterocycles. The first-order valence-electron chi connectivity index (χ1n) is 14.9. The van der Waals surface area contributed by atoms with Crippen molar-refractivity contribution < 1.29 is 24.2 Å². The molecule has 1 aromatic rings. The maximum atomic E-state index is 14.0. The summed E-state index contributed by atoms with van der Waals surface area (Å²) in [6.07, 6.45) is 12.5. The van der Waals surface area contributed by atoms with E-state index in [0.717, 1.165) is 56.9 Å². The second kappa shape index (κ2) is 14.8. The van der Waals surface area contributed by atoms with Gasteiger partial charge in [-0.3, -0.25) is 14.9 Å². The van der Waals surface area contributed by atoms with Crippen LogP contribution in [-0.4, -0.2) is 77.5 Å². The first-order valence-corrected chi connectivity index (χ1v) is 15.7. The quantitative estimate of drug-likeness (QED) is 0.245.